The van der Waals surface area contributed by atoms with Gasteiger partial charge in [0.2, 0.25) is 0 Å². The fourth-order valence-electron chi connectivity index (χ4n) is 2.64. The predicted molar refractivity (Wildman–Crippen MR) is 76.3 cm³/mol. The second-order valence-corrected chi connectivity index (χ2v) is 4.87. The van der Waals surface area contributed by atoms with E-state index in [1.165, 1.54) is 22.2 Å². The van der Waals surface area contributed by atoms with E-state index < -0.39 is 0 Å². The molecule has 2 N–H and O–H groups in total. The van der Waals surface area contributed by atoms with Crippen molar-refractivity contribution in [3.8, 4) is 5.75 Å². The predicted octanol–water partition coefficient (Wildman–Crippen LogP) is 2.87. The number of aryl methyl sites for hydroxylation is 1. The van der Waals surface area contributed by atoms with Gasteiger partial charge in [0, 0.05) is 29.2 Å². The lowest BCUT2D eigenvalue weighted by Crippen LogP contribution is -2.18. The molecule has 0 fully saturated rings. The molecule has 0 bridgehead atoms. The third-order valence-corrected chi connectivity index (χ3v) is 3.50. The number of nitrogens with two attached hydrogens (primary N) is 1. The van der Waals surface area contributed by atoms with Crippen LogP contribution in [0, 0.1) is 6.92 Å². The Morgan fingerprint density at radius 2 is 2.11 bits per heavy atom. The van der Waals surface area contributed by atoms with Crippen molar-refractivity contribution in [1.29, 1.82) is 0 Å². The summed E-state index contributed by atoms with van der Waals surface area (Å²) in [5.41, 5.74) is 9.90. The van der Waals surface area contributed by atoms with E-state index in [0.717, 1.165) is 18.7 Å². The number of ether oxygens (including phenoxy) is 1. The molecule has 2 rings (SSSR count). The number of methoxy groups -OCH3 is 1. The molecule has 18 heavy (non-hydrogen) atoms. The number of aromatic nitrogens is 1. The molecule has 3 nitrogen and oxygen atoms in total. The first-order chi connectivity index (χ1) is 8.58. The van der Waals surface area contributed by atoms with Crippen LogP contribution in [0.3, 0.4) is 0 Å². The molecule has 98 valence electrons. The Morgan fingerprint density at radius 3 is 2.67 bits per heavy atom. The zero-order chi connectivity index (χ0) is 13.3. The van der Waals surface area contributed by atoms with Crippen LogP contribution in [-0.2, 0) is 13.0 Å². The van der Waals surface area contributed by atoms with Crippen molar-refractivity contribution in [2.45, 2.75) is 39.8 Å². The summed E-state index contributed by atoms with van der Waals surface area (Å²) in [6.07, 6.45) is 0.905. The van der Waals surface area contributed by atoms with Crippen molar-refractivity contribution in [2.75, 3.05) is 7.11 Å². The normalized spacial score (nSPS) is 12.9. The van der Waals surface area contributed by atoms with Gasteiger partial charge in [0.25, 0.3) is 0 Å². The van der Waals surface area contributed by atoms with E-state index in [9.17, 15) is 0 Å². The van der Waals surface area contributed by atoms with Gasteiger partial charge in [-0.15, -0.1) is 0 Å². The number of fused-ring (bicyclic) bond motifs is 1. The van der Waals surface area contributed by atoms with Crippen LogP contribution in [0.25, 0.3) is 10.9 Å². The molecular weight excluding hydrogens is 224 g/mol. The minimum atomic E-state index is 0.172. The molecule has 1 unspecified atom stereocenters. The Kier molecular flexibility index (Phi) is 3.62. The average Bonchev–Trinajstić information content (AvgIpc) is 2.61. The summed E-state index contributed by atoms with van der Waals surface area (Å²) in [6, 6.07) is 6.44. The lowest BCUT2D eigenvalue weighted by atomic mass is 10.0. The maximum atomic E-state index is 5.97. The Bertz CT molecular complexity index is 555. The van der Waals surface area contributed by atoms with E-state index in [1.54, 1.807) is 7.11 Å². The van der Waals surface area contributed by atoms with Crippen molar-refractivity contribution >= 4 is 10.9 Å². The largest absolute Gasteiger partial charge is 0.497 e. The molecule has 0 saturated heterocycles. The van der Waals surface area contributed by atoms with E-state index in [-0.39, 0.29) is 6.04 Å². The Balaban J connectivity index is 2.68. The molecule has 2 aromatic rings. The lowest BCUT2D eigenvalue weighted by molar-refractivity contribution is 0.415. The maximum Gasteiger partial charge on any atom is 0.119 e. The molecule has 0 spiro atoms. The highest BCUT2D eigenvalue weighted by Crippen LogP contribution is 2.30. The minimum Gasteiger partial charge on any atom is -0.497 e. The molecule has 3 heteroatoms. The zero-order valence-corrected chi connectivity index (χ0v) is 11.7. The first-order valence-electron chi connectivity index (χ1n) is 6.49. The first kappa shape index (κ1) is 13.0. The minimum absolute atomic E-state index is 0.172. The summed E-state index contributed by atoms with van der Waals surface area (Å²) in [7, 11) is 1.70. The van der Waals surface area contributed by atoms with Crippen LogP contribution in [0.15, 0.2) is 18.2 Å². The van der Waals surface area contributed by atoms with Gasteiger partial charge in [-0.2, -0.15) is 0 Å². The van der Waals surface area contributed by atoms with Gasteiger partial charge in [-0.3, -0.25) is 0 Å². The summed E-state index contributed by atoms with van der Waals surface area (Å²) in [5.74, 6) is 0.904. The van der Waals surface area contributed by atoms with Crippen molar-refractivity contribution in [1.82, 2.24) is 4.57 Å². The Hall–Kier alpha value is -1.48. The van der Waals surface area contributed by atoms with Crippen LogP contribution >= 0.6 is 0 Å². The van der Waals surface area contributed by atoms with Gasteiger partial charge in [-0.05, 0) is 51.0 Å². The van der Waals surface area contributed by atoms with Gasteiger partial charge in [-0.25, -0.2) is 0 Å². The van der Waals surface area contributed by atoms with Crippen molar-refractivity contribution in [3.05, 3.63) is 29.5 Å². The third kappa shape index (κ3) is 2.10. The van der Waals surface area contributed by atoms with Gasteiger partial charge in [0.15, 0.2) is 0 Å². The third-order valence-electron chi connectivity index (χ3n) is 3.50. The molecular formula is C15H22N2O. The van der Waals surface area contributed by atoms with Gasteiger partial charge in [-0.1, -0.05) is 0 Å². The van der Waals surface area contributed by atoms with E-state index >= 15 is 0 Å². The van der Waals surface area contributed by atoms with Gasteiger partial charge >= 0.3 is 0 Å². The highest BCUT2D eigenvalue weighted by atomic mass is 16.5. The van der Waals surface area contributed by atoms with E-state index in [0.29, 0.717) is 0 Å². The molecule has 0 aliphatic carbocycles. The molecule has 1 aromatic carbocycles. The highest BCUT2D eigenvalue weighted by molar-refractivity contribution is 5.87. The lowest BCUT2D eigenvalue weighted by Gasteiger charge is -2.07. The Morgan fingerprint density at radius 1 is 1.39 bits per heavy atom. The Labute approximate surface area is 109 Å². The van der Waals surface area contributed by atoms with E-state index in [4.69, 9.17) is 10.5 Å². The van der Waals surface area contributed by atoms with Crippen LogP contribution in [-0.4, -0.2) is 17.7 Å². The summed E-state index contributed by atoms with van der Waals surface area (Å²) in [5, 5.41) is 1.27. The average molecular weight is 246 g/mol. The quantitative estimate of drug-likeness (QED) is 0.901. The SMILES string of the molecule is CCn1c(C)c(CC(C)N)c2cc(OC)ccc21. The van der Waals surface area contributed by atoms with Crippen LogP contribution in [0.1, 0.15) is 25.1 Å². The second-order valence-electron chi connectivity index (χ2n) is 4.87. The van der Waals surface area contributed by atoms with E-state index in [2.05, 4.69) is 37.5 Å². The fourth-order valence-corrected chi connectivity index (χ4v) is 2.64. The molecule has 1 atom stereocenters. The van der Waals surface area contributed by atoms with Crippen LogP contribution in [0.4, 0.5) is 0 Å². The maximum absolute atomic E-state index is 5.97. The summed E-state index contributed by atoms with van der Waals surface area (Å²) >= 11 is 0. The number of benzene rings is 1. The molecule has 0 aliphatic heterocycles. The summed E-state index contributed by atoms with van der Waals surface area (Å²) in [6.45, 7) is 7.38. The van der Waals surface area contributed by atoms with Crippen molar-refractivity contribution in [3.63, 3.8) is 0 Å². The smallest absolute Gasteiger partial charge is 0.119 e. The second kappa shape index (κ2) is 5.02. The van der Waals surface area contributed by atoms with Crippen LogP contribution < -0.4 is 10.5 Å². The van der Waals surface area contributed by atoms with Crippen molar-refractivity contribution < 1.29 is 4.74 Å². The highest BCUT2D eigenvalue weighted by Gasteiger charge is 2.14. The summed E-state index contributed by atoms with van der Waals surface area (Å²) in [4.78, 5) is 0. The van der Waals surface area contributed by atoms with E-state index in [1.807, 2.05) is 6.07 Å². The molecule has 0 saturated carbocycles. The van der Waals surface area contributed by atoms with Gasteiger partial charge in [0.1, 0.15) is 5.75 Å². The topological polar surface area (TPSA) is 40.2 Å². The molecule has 1 heterocycles. The van der Waals surface area contributed by atoms with Gasteiger partial charge in [0.05, 0.1) is 7.11 Å². The van der Waals surface area contributed by atoms with Crippen LogP contribution in [0.5, 0.6) is 5.75 Å². The monoisotopic (exact) mass is 246 g/mol. The van der Waals surface area contributed by atoms with Gasteiger partial charge < -0.3 is 15.0 Å². The standard InChI is InChI=1S/C15H22N2O/c1-5-17-11(3)13(8-10(2)16)14-9-12(18-4)6-7-15(14)17/h6-7,9-10H,5,8,16H2,1-4H3. The summed E-state index contributed by atoms with van der Waals surface area (Å²) < 4.78 is 7.66. The fraction of sp³-hybridized carbons (Fsp3) is 0.467. The zero-order valence-electron chi connectivity index (χ0n) is 11.7. The van der Waals surface area contributed by atoms with Crippen molar-refractivity contribution in [2.24, 2.45) is 5.73 Å². The molecule has 0 radical (unpaired) electrons. The number of rotatable bonds is 4. The number of hydrogen-bond acceptors (Lipinski definition) is 2. The molecule has 0 amide bonds. The first-order valence-corrected chi connectivity index (χ1v) is 6.49. The molecule has 0 aliphatic rings. The van der Waals surface area contributed by atoms with Crippen LogP contribution in [0.2, 0.25) is 0 Å². The number of hydrogen-bond donors (Lipinski definition) is 1. The molecule has 1 aromatic heterocycles. The number of nitrogens with zero attached hydrogens (tertiary/aromatic N) is 1.